The van der Waals surface area contributed by atoms with Crippen molar-refractivity contribution in [2.75, 3.05) is 0 Å². The third-order valence-electron chi connectivity index (χ3n) is 4.67. The van der Waals surface area contributed by atoms with Crippen LogP contribution in [-0.4, -0.2) is 10.6 Å². The number of hydrogen-bond donors (Lipinski definition) is 1. The number of hydrogen-bond acceptors (Lipinski definition) is 1. The standard InChI is InChI=1S/C15H20N2/c1-9-12(13-14(16)15(13,2)3)10-7-5-6-8-11(10)17(9)4/h5-8,13-14H,16H2,1-4H3. The van der Waals surface area contributed by atoms with Crippen LogP contribution in [0, 0.1) is 12.3 Å². The molecule has 1 aliphatic carbocycles. The maximum absolute atomic E-state index is 6.24. The number of nitrogens with zero attached hydrogens (tertiary/aromatic N) is 1. The lowest BCUT2D eigenvalue weighted by atomic mass is 10.0. The number of aryl methyl sites for hydroxylation is 1. The van der Waals surface area contributed by atoms with E-state index >= 15 is 0 Å². The molecule has 0 aliphatic heterocycles. The summed E-state index contributed by atoms with van der Waals surface area (Å²) in [7, 11) is 2.14. The van der Waals surface area contributed by atoms with Crippen molar-refractivity contribution >= 4 is 10.9 Å². The zero-order chi connectivity index (χ0) is 12.4. The highest BCUT2D eigenvalue weighted by Gasteiger charge is 2.57. The summed E-state index contributed by atoms with van der Waals surface area (Å²) in [5.41, 5.74) is 10.6. The van der Waals surface area contributed by atoms with Gasteiger partial charge in [0, 0.05) is 35.6 Å². The Hall–Kier alpha value is -1.28. The molecule has 0 saturated heterocycles. The molecule has 2 atom stereocenters. The Kier molecular flexibility index (Phi) is 2.00. The highest BCUT2D eigenvalue weighted by molar-refractivity contribution is 5.87. The second kappa shape index (κ2) is 3.14. The summed E-state index contributed by atoms with van der Waals surface area (Å²) in [5, 5.41) is 1.37. The molecule has 1 saturated carbocycles. The first kappa shape index (κ1) is 10.8. The van der Waals surface area contributed by atoms with Crippen molar-refractivity contribution in [3.63, 3.8) is 0 Å². The fraction of sp³-hybridized carbons (Fsp3) is 0.467. The summed E-state index contributed by atoms with van der Waals surface area (Å²) in [5.74, 6) is 0.508. The molecule has 2 aromatic rings. The van der Waals surface area contributed by atoms with Gasteiger partial charge in [0.25, 0.3) is 0 Å². The van der Waals surface area contributed by atoms with E-state index in [1.54, 1.807) is 0 Å². The SMILES string of the molecule is Cc1c(C2C(N)C2(C)C)c2ccccc2n1C. The minimum absolute atomic E-state index is 0.245. The van der Waals surface area contributed by atoms with Crippen molar-refractivity contribution in [2.24, 2.45) is 18.2 Å². The van der Waals surface area contributed by atoms with Gasteiger partial charge in [0.15, 0.2) is 0 Å². The Bertz CT molecular complexity index is 592. The quantitative estimate of drug-likeness (QED) is 0.799. The molecule has 3 rings (SSSR count). The monoisotopic (exact) mass is 228 g/mol. The van der Waals surface area contributed by atoms with Gasteiger partial charge in [-0.15, -0.1) is 0 Å². The van der Waals surface area contributed by atoms with E-state index in [-0.39, 0.29) is 5.41 Å². The first-order valence-electron chi connectivity index (χ1n) is 6.25. The zero-order valence-corrected chi connectivity index (χ0v) is 11.0. The van der Waals surface area contributed by atoms with Crippen LogP contribution < -0.4 is 5.73 Å². The number of fused-ring (bicyclic) bond motifs is 1. The fourth-order valence-corrected chi connectivity index (χ4v) is 3.17. The Morgan fingerprint density at radius 2 is 1.82 bits per heavy atom. The van der Waals surface area contributed by atoms with E-state index in [4.69, 9.17) is 5.73 Å². The van der Waals surface area contributed by atoms with E-state index in [9.17, 15) is 0 Å². The van der Waals surface area contributed by atoms with Crippen molar-refractivity contribution in [3.05, 3.63) is 35.5 Å². The van der Waals surface area contributed by atoms with Crippen LogP contribution >= 0.6 is 0 Å². The molecule has 90 valence electrons. The minimum Gasteiger partial charge on any atom is -0.348 e. The molecule has 1 heterocycles. The summed E-state index contributed by atoms with van der Waals surface area (Å²) < 4.78 is 2.28. The van der Waals surface area contributed by atoms with Crippen molar-refractivity contribution in [1.82, 2.24) is 4.57 Å². The van der Waals surface area contributed by atoms with E-state index < -0.39 is 0 Å². The number of para-hydroxylation sites is 1. The molecule has 2 nitrogen and oxygen atoms in total. The van der Waals surface area contributed by atoms with Crippen LogP contribution in [0.1, 0.15) is 31.0 Å². The highest BCUT2D eigenvalue weighted by Crippen LogP contribution is 2.59. The van der Waals surface area contributed by atoms with E-state index in [0.717, 1.165) is 0 Å². The molecule has 2 heteroatoms. The molecule has 0 bridgehead atoms. The van der Waals surface area contributed by atoms with Gasteiger partial charge >= 0.3 is 0 Å². The molecule has 2 unspecified atom stereocenters. The third-order valence-corrected chi connectivity index (χ3v) is 4.67. The Balaban J connectivity index is 2.28. The molecule has 1 aromatic heterocycles. The maximum Gasteiger partial charge on any atom is 0.0482 e. The lowest BCUT2D eigenvalue weighted by Gasteiger charge is -2.04. The van der Waals surface area contributed by atoms with Gasteiger partial charge in [0.05, 0.1) is 0 Å². The predicted molar refractivity (Wildman–Crippen MR) is 72.2 cm³/mol. The van der Waals surface area contributed by atoms with Crippen molar-refractivity contribution in [3.8, 4) is 0 Å². The summed E-state index contributed by atoms with van der Waals surface area (Å²) in [6, 6.07) is 8.92. The molecule has 1 aliphatic rings. The number of aromatic nitrogens is 1. The molecule has 0 spiro atoms. The average molecular weight is 228 g/mol. The van der Waals surface area contributed by atoms with E-state index in [1.807, 2.05) is 0 Å². The van der Waals surface area contributed by atoms with Crippen LogP contribution in [0.15, 0.2) is 24.3 Å². The van der Waals surface area contributed by atoms with Crippen LogP contribution in [0.3, 0.4) is 0 Å². The number of rotatable bonds is 1. The summed E-state index contributed by atoms with van der Waals surface area (Å²) in [6.45, 7) is 6.74. The Labute approximate surface area is 102 Å². The Morgan fingerprint density at radius 1 is 1.24 bits per heavy atom. The average Bonchev–Trinajstić information content (AvgIpc) is 2.67. The minimum atomic E-state index is 0.245. The lowest BCUT2D eigenvalue weighted by Crippen LogP contribution is -2.06. The van der Waals surface area contributed by atoms with Gasteiger partial charge in [-0.25, -0.2) is 0 Å². The molecule has 1 fully saturated rings. The second-order valence-corrected chi connectivity index (χ2v) is 5.90. The molecule has 2 N–H and O–H groups in total. The van der Waals surface area contributed by atoms with Crippen molar-refractivity contribution < 1.29 is 0 Å². The van der Waals surface area contributed by atoms with Gasteiger partial charge in [-0.1, -0.05) is 32.0 Å². The van der Waals surface area contributed by atoms with Crippen LogP contribution in [-0.2, 0) is 7.05 Å². The fourth-order valence-electron chi connectivity index (χ4n) is 3.17. The Morgan fingerprint density at radius 3 is 2.41 bits per heavy atom. The molecular formula is C15H20N2. The predicted octanol–water partition coefficient (Wildman–Crippen LogP) is 2.94. The number of benzene rings is 1. The topological polar surface area (TPSA) is 30.9 Å². The van der Waals surface area contributed by atoms with Crippen LogP contribution in [0.5, 0.6) is 0 Å². The maximum atomic E-state index is 6.24. The lowest BCUT2D eigenvalue weighted by molar-refractivity contribution is 0.598. The summed E-state index contributed by atoms with van der Waals surface area (Å²) >= 11 is 0. The molecule has 17 heavy (non-hydrogen) atoms. The van der Waals surface area contributed by atoms with Gasteiger partial charge < -0.3 is 10.3 Å². The molecule has 1 aromatic carbocycles. The van der Waals surface area contributed by atoms with Gasteiger partial charge in [-0.2, -0.15) is 0 Å². The van der Waals surface area contributed by atoms with Gasteiger partial charge in [0.1, 0.15) is 0 Å². The van der Waals surface area contributed by atoms with Gasteiger partial charge in [-0.05, 0) is 24.0 Å². The van der Waals surface area contributed by atoms with Crippen LogP contribution in [0.2, 0.25) is 0 Å². The molecular weight excluding hydrogens is 208 g/mol. The third kappa shape index (κ3) is 1.25. The van der Waals surface area contributed by atoms with Crippen LogP contribution in [0.4, 0.5) is 0 Å². The number of nitrogens with two attached hydrogens (primary N) is 1. The van der Waals surface area contributed by atoms with Crippen molar-refractivity contribution in [2.45, 2.75) is 32.7 Å². The smallest absolute Gasteiger partial charge is 0.0482 e. The normalized spacial score (nSPS) is 26.4. The first-order chi connectivity index (χ1) is 7.96. The summed E-state index contributed by atoms with van der Waals surface area (Å²) in [4.78, 5) is 0. The highest BCUT2D eigenvalue weighted by atomic mass is 15.0. The van der Waals surface area contributed by atoms with E-state index in [0.29, 0.717) is 12.0 Å². The van der Waals surface area contributed by atoms with E-state index in [1.165, 1.54) is 22.2 Å². The molecule has 0 radical (unpaired) electrons. The van der Waals surface area contributed by atoms with Crippen LogP contribution in [0.25, 0.3) is 10.9 Å². The van der Waals surface area contributed by atoms with E-state index in [2.05, 4.69) is 56.7 Å². The first-order valence-corrected chi connectivity index (χ1v) is 6.25. The van der Waals surface area contributed by atoms with Crippen molar-refractivity contribution in [1.29, 1.82) is 0 Å². The molecule has 0 amide bonds. The zero-order valence-electron chi connectivity index (χ0n) is 11.0. The van der Waals surface area contributed by atoms with Gasteiger partial charge in [0.2, 0.25) is 0 Å². The second-order valence-electron chi connectivity index (χ2n) is 5.90. The summed E-state index contributed by atoms with van der Waals surface area (Å²) in [6.07, 6.45) is 0. The van der Waals surface area contributed by atoms with Gasteiger partial charge in [-0.3, -0.25) is 0 Å². The largest absolute Gasteiger partial charge is 0.348 e.